The molecule has 0 saturated carbocycles. The molecule has 1 atom stereocenters. The van der Waals surface area contributed by atoms with E-state index in [1.807, 2.05) is 37.6 Å². The Balaban J connectivity index is 1.66. The maximum Gasteiger partial charge on any atom is 0.410 e. The second-order valence-corrected chi connectivity index (χ2v) is 8.55. The first-order valence-corrected chi connectivity index (χ1v) is 9.85. The van der Waals surface area contributed by atoms with Gasteiger partial charge in [-0.1, -0.05) is 0 Å². The SMILES string of the molecule is CN(CC1CCN(c2ncnc3c2ccn3CCC(=O)O)C1)C(=O)OC(C)(C)C. The third kappa shape index (κ3) is 5.16. The van der Waals surface area contributed by atoms with E-state index in [0.717, 1.165) is 36.4 Å². The van der Waals surface area contributed by atoms with Gasteiger partial charge < -0.3 is 24.2 Å². The minimum absolute atomic E-state index is 0.0475. The van der Waals surface area contributed by atoms with E-state index < -0.39 is 11.6 Å². The predicted octanol–water partition coefficient (Wildman–Crippen LogP) is 2.60. The summed E-state index contributed by atoms with van der Waals surface area (Å²) in [7, 11) is 1.77. The minimum atomic E-state index is -0.836. The number of aliphatic carboxylic acids is 1. The number of ether oxygens (including phenoxy) is 1. The van der Waals surface area contributed by atoms with Crippen molar-refractivity contribution in [3.05, 3.63) is 18.6 Å². The second-order valence-electron chi connectivity index (χ2n) is 8.55. The summed E-state index contributed by atoms with van der Waals surface area (Å²) >= 11 is 0. The fourth-order valence-electron chi connectivity index (χ4n) is 3.61. The highest BCUT2D eigenvalue weighted by molar-refractivity contribution is 5.88. The number of hydrogen-bond acceptors (Lipinski definition) is 6. The first-order chi connectivity index (χ1) is 13.6. The van der Waals surface area contributed by atoms with Crippen LogP contribution in [0.2, 0.25) is 0 Å². The molecule has 2 aromatic rings. The molecule has 2 aromatic heterocycles. The third-order valence-corrected chi connectivity index (χ3v) is 4.92. The summed E-state index contributed by atoms with van der Waals surface area (Å²) in [5.74, 6) is 0.343. The molecule has 0 radical (unpaired) electrons. The largest absolute Gasteiger partial charge is 0.481 e. The van der Waals surface area contributed by atoms with Gasteiger partial charge in [-0.25, -0.2) is 14.8 Å². The van der Waals surface area contributed by atoms with Crippen LogP contribution in [0, 0.1) is 5.92 Å². The molecule has 0 aliphatic carbocycles. The molecule has 29 heavy (non-hydrogen) atoms. The molecule has 1 aliphatic rings. The Hall–Kier alpha value is -2.84. The number of fused-ring (bicyclic) bond motifs is 1. The van der Waals surface area contributed by atoms with Crippen molar-refractivity contribution in [3.63, 3.8) is 0 Å². The van der Waals surface area contributed by atoms with E-state index in [0.29, 0.717) is 19.0 Å². The van der Waals surface area contributed by atoms with Crippen molar-refractivity contribution in [1.82, 2.24) is 19.4 Å². The van der Waals surface area contributed by atoms with Crippen LogP contribution in [0.1, 0.15) is 33.6 Å². The van der Waals surface area contributed by atoms with Gasteiger partial charge in [-0.15, -0.1) is 0 Å². The molecule has 1 N–H and O–H groups in total. The standard InChI is InChI=1S/C20H29N5O4/c1-20(2,3)29-19(28)23(4)11-14-5-8-25(12-14)18-15-6-9-24(10-7-16(26)27)17(15)21-13-22-18/h6,9,13-14H,5,7-8,10-12H2,1-4H3,(H,26,27). The summed E-state index contributed by atoms with van der Waals surface area (Å²) in [6, 6.07) is 1.94. The average Bonchev–Trinajstić information content (AvgIpc) is 3.25. The van der Waals surface area contributed by atoms with Gasteiger partial charge in [0.05, 0.1) is 11.8 Å². The Morgan fingerprint density at radius 2 is 2.10 bits per heavy atom. The molecule has 1 aliphatic heterocycles. The highest BCUT2D eigenvalue weighted by atomic mass is 16.6. The van der Waals surface area contributed by atoms with E-state index in [9.17, 15) is 9.59 Å². The Morgan fingerprint density at radius 1 is 1.34 bits per heavy atom. The Bertz CT molecular complexity index is 889. The van der Waals surface area contributed by atoms with E-state index >= 15 is 0 Å². The van der Waals surface area contributed by atoms with Crippen LogP contribution >= 0.6 is 0 Å². The van der Waals surface area contributed by atoms with Gasteiger partial charge in [0.25, 0.3) is 0 Å². The fraction of sp³-hybridized carbons (Fsp3) is 0.600. The zero-order valence-corrected chi connectivity index (χ0v) is 17.5. The number of rotatable bonds is 6. The predicted molar refractivity (Wildman–Crippen MR) is 109 cm³/mol. The van der Waals surface area contributed by atoms with E-state index in [1.165, 1.54) is 6.33 Å². The zero-order valence-electron chi connectivity index (χ0n) is 17.5. The summed E-state index contributed by atoms with van der Waals surface area (Å²) < 4.78 is 7.28. The number of carboxylic acid groups (broad SMARTS) is 1. The molecular weight excluding hydrogens is 374 g/mol. The number of anilines is 1. The quantitative estimate of drug-likeness (QED) is 0.791. The number of carbonyl (C=O) groups is 2. The van der Waals surface area contributed by atoms with Gasteiger partial charge in [0, 0.05) is 39.4 Å². The molecule has 1 unspecified atom stereocenters. The second kappa shape index (κ2) is 8.26. The molecule has 0 spiro atoms. The molecule has 9 nitrogen and oxygen atoms in total. The van der Waals surface area contributed by atoms with Crippen molar-refractivity contribution in [1.29, 1.82) is 0 Å². The van der Waals surface area contributed by atoms with Crippen molar-refractivity contribution in [3.8, 4) is 0 Å². The lowest BCUT2D eigenvalue weighted by molar-refractivity contribution is -0.137. The first kappa shape index (κ1) is 20.9. The Kier molecular flexibility index (Phi) is 5.95. The molecule has 9 heteroatoms. The van der Waals surface area contributed by atoms with Crippen LogP contribution in [-0.4, -0.2) is 68.9 Å². The van der Waals surface area contributed by atoms with Gasteiger partial charge in [-0.3, -0.25) is 4.79 Å². The summed E-state index contributed by atoms with van der Waals surface area (Å²) in [6.45, 7) is 8.22. The van der Waals surface area contributed by atoms with Gasteiger partial charge in [-0.05, 0) is 39.2 Å². The molecule has 1 saturated heterocycles. The van der Waals surface area contributed by atoms with E-state index in [-0.39, 0.29) is 12.5 Å². The monoisotopic (exact) mass is 403 g/mol. The molecule has 3 heterocycles. The summed E-state index contributed by atoms with van der Waals surface area (Å²) in [4.78, 5) is 35.7. The van der Waals surface area contributed by atoms with Gasteiger partial charge in [0.15, 0.2) is 0 Å². The number of carboxylic acids is 1. The maximum atomic E-state index is 12.2. The lowest BCUT2D eigenvalue weighted by Gasteiger charge is -2.26. The molecule has 1 amide bonds. The minimum Gasteiger partial charge on any atom is -0.481 e. The van der Waals surface area contributed by atoms with Gasteiger partial charge in [0.1, 0.15) is 23.4 Å². The topological polar surface area (TPSA) is 101 Å². The lowest BCUT2D eigenvalue weighted by atomic mass is 10.1. The molecule has 0 bridgehead atoms. The number of nitrogens with zero attached hydrogens (tertiary/aromatic N) is 5. The highest BCUT2D eigenvalue weighted by Crippen LogP contribution is 2.29. The van der Waals surface area contributed by atoms with Gasteiger partial charge in [-0.2, -0.15) is 0 Å². The highest BCUT2D eigenvalue weighted by Gasteiger charge is 2.28. The van der Waals surface area contributed by atoms with Gasteiger partial charge in [0.2, 0.25) is 0 Å². The normalized spacial score (nSPS) is 17.0. The average molecular weight is 403 g/mol. The summed E-state index contributed by atoms with van der Waals surface area (Å²) in [6.07, 6.45) is 4.07. The fourth-order valence-corrected chi connectivity index (χ4v) is 3.61. The lowest BCUT2D eigenvalue weighted by Crippen LogP contribution is -2.37. The smallest absolute Gasteiger partial charge is 0.410 e. The molecule has 3 rings (SSSR count). The number of aromatic nitrogens is 3. The van der Waals surface area contributed by atoms with Crippen LogP contribution in [0.4, 0.5) is 10.6 Å². The summed E-state index contributed by atoms with van der Waals surface area (Å²) in [5, 5.41) is 9.84. The van der Waals surface area contributed by atoms with Crippen molar-refractivity contribution in [2.45, 2.75) is 45.8 Å². The van der Waals surface area contributed by atoms with Gasteiger partial charge >= 0.3 is 12.1 Å². The van der Waals surface area contributed by atoms with Crippen LogP contribution in [0.25, 0.3) is 11.0 Å². The number of amides is 1. The zero-order chi connectivity index (χ0) is 21.2. The van der Waals surface area contributed by atoms with Crippen molar-refractivity contribution < 1.29 is 19.4 Å². The molecule has 158 valence electrons. The first-order valence-electron chi connectivity index (χ1n) is 9.85. The van der Waals surface area contributed by atoms with E-state index in [2.05, 4.69) is 14.9 Å². The van der Waals surface area contributed by atoms with E-state index in [1.54, 1.807) is 11.9 Å². The molecule has 1 fully saturated rings. The van der Waals surface area contributed by atoms with Crippen molar-refractivity contribution in [2.24, 2.45) is 5.92 Å². The van der Waals surface area contributed by atoms with Crippen molar-refractivity contribution >= 4 is 28.9 Å². The van der Waals surface area contributed by atoms with Crippen LogP contribution in [0.3, 0.4) is 0 Å². The Labute approximate surface area is 170 Å². The number of hydrogen-bond donors (Lipinski definition) is 1. The van der Waals surface area contributed by atoms with Crippen molar-refractivity contribution in [2.75, 3.05) is 31.6 Å². The van der Waals surface area contributed by atoms with Crippen LogP contribution in [0.15, 0.2) is 18.6 Å². The number of aryl methyl sites for hydroxylation is 1. The number of carbonyl (C=O) groups excluding carboxylic acids is 1. The molecular formula is C20H29N5O4. The maximum absolute atomic E-state index is 12.2. The van der Waals surface area contributed by atoms with Crippen LogP contribution < -0.4 is 4.90 Å². The van der Waals surface area contributed by atoms with Crippen LogP contribution in [-0.2, 0) is 16.1 Å². The molecule has 0 aromatic carbocycles. The third-order valence-electron chi connectivity index (χ3n) is 4.92. The van der Waals surface area contributed by atoms with E-state index in [4.69, 9.17) is 9.84 Å². The Morgan fingerprint density at radius 3 is 2.79 bits per heavy atom. The van der Waals surface area contributed by atoms with Crippen LogP contribution in [0.5, 0.6) is 0 Å². The summed E-state index contributed by atoms with van der Waals surface area (Å²) in [5.41, 5.74) is 0.235.